The lowest BCUT2D eigenvalue weighted by atomic mass is 10.1. The molecule has 7 heteroatoms. The van der Waals surface area contributed by atoms with Gasteiger partial charge in [0, 0.05) is 61.6 Å². The lowest BCUT2D eigenvalue weighted by Gasteiger charge is -2.39. The first-order chi connectivity index (χ1) is 11.5. The van der Waals surface area contributed by atoms with E-state index >= 15 is 0 Å². The van der Waals surface area contributed by atoms with Crippen molar-refractivity contribution in [3.05, 3.63) is 40.2 Å². The summed E-state index contributed by atoms with van der Waals surface area (Å²) in [5, 5.41) is 7.00. The van der Waals surface area contributed by atoms with Crippen LogP contribution in [0.15, 0.2) is 18.3 Å². The van der Waals surface area contributed by atoms with Gasteiger partial charge in [-0.2, -0.15) is 0 Å². The minimum Gasteiger partial charge on any atom is -0.307 e. The van der Waals surface area contributed by atoms with Crippen LogP contribution in [0.1, 0.15) is 28.8 Å². The largest absolute Gasteiger partial charge is 0.307 e. The Morgan fingerprint density at radius 3 is 2.71 bits per heavy atom. The third-order valence-electron chi connectivity index (χ3n) is 3.91. The molecule has 6 nitrogen and oxygen atoms in total. The molecule has 0 radical (unpaired) electrons. The molecule has 1 amide bonds. The van der Waals surface area contributed by atoms with E-state index in [2.05, 4.69) is 37.6 Å². The van der Waals surface area contributed by atoms with Gasteiger partial charge in [0.1, 0.15) is 0 Å². The standard InChI is InChI=1S/C17H23N5OS/c1-11-4-14(5-12(2)20-11)6-18-15-8-22(9-15)10-16-7-19-17(24-16)21-13(3)23/h4-5,7,15,18H,6,8-10H2,1-3H3,(H,19,21,23). The number of likely N-dealkylation sites (tertiary alicyclic amines) is 1. The number of pyridine rings is 1. The van der Waals surface area contributed by atoms with E-state index in [1.54, 1.807) is 11.3 Å². The van der Waals surface area contributed by atoms with Gasteiger partial charge >= 0.3 is 0 Å². The molecule has 0 spiro atoms. The zero-order valence-electron chi connectivity index (χ0n) is 14.3. The molecule has 0 atom stereocenters. The molecule has 2 aromatic rings. The summed E-state index contributed by atoms with van der Waals surface area (Å²) in [6, 6.07) is 4.80. The van der Waals surface area contributed by atoms with Gasteiger partial charge in [-0.1, -0.05) is 0 Å². The van der Waals surface area contributed by atoms with Gasteiger partial charge in [0.05, 0.1) is 0 Å². The van der Waals surface area contributed by atoms with Crippen LogP contribution in [0.2, 0.25) is 0 Å². The van der Waals surface area contributed by atoms with Crippen molar-refractivity contribution in [2.75, 3.05) is 18.4 Å². The van der Waals surface area contributed by atoms with E-state index in [0.717, 1.165) is 37.6 Å². The van der Waals surface area contributed by atoms with E-state index in [4.69, 9.17) is 0 Å². The predicted octanol–water partition coefficient (Wildman–Crippen LogP) is 2.09. The highest BCUT2D eigenvalue weighted by Gasteiger charge is 2.26. The van der Waals surface area contributed by atoms with Crippen molar-refractivity contribution in [3.63, 3.8) is 0 Å². The molecule has 1 aliphatic rings. The predicted molar refractivity (Wildman–Crippen MR) is 96.0 cm³/mol. The van der Waals surface area contributed by atoms with E-state index < -0.39 is 0 Å². The van der Waals surface area contributed by atoms with E-state index in [-0.39, 0.29) is 5.91 Å². The fourth-order valence-electron chi connectivity index (χ4n) is 2.92. The minimum atomic E-state index is -0.0781. The van der Waals surface area contributed by atoms with E-state index in [9.17, 15) is 4.79 Å². The van der Waals surface area contributed by atoms with Gasteiger partial charge in [0.25, 0.3) is 0 Å². The highest BCUT2D eigenvalue weighted by atomic mass is 32.1. The summed E-state index contributed by atoms with van der Waals surface area (Å²) < 4.78 is 0. The van der Waals surface area contributed by atoms with Crippen molar-refractivity contribution in [1.82, 2.24) is 20.2 Å². The summed E-state index contributed by atoms with van der Waals surface area (Å²) in [5.74, 6) is -0.0781. The second-order valence-corrected chi connectivity index (χ2v) is 7.46. The molecule has 0 aromatic carbocycles. The maximum absolute atomic E-state index is 11.0. The first-order valence-corrected chi connectivity index (χ1v) is 8.92. The Morgan fingerprint density at radius 2 is 2.04 bits per heavy atom. The van der Waals surface area contributed by atoms with Crippen molar-refractivity contribution in [1.29, 1.82) is 0 Å². The molecule has 1 aliphatic heterocycles. The van der Waals surface area contributed by atoms with Gasteiger partial charge in [-0.05, 0) is 31.5 Å². The number of amides is 1. The number of nitrogens with zero attached hydrogens (tertiary/aromatic N) is 3. The fourth-order valence-corrected chi connectivity index (χ4v) is 3.82. The van der Waals surface area contributed by atoms with E-state index in [1.807, 2.05) is 20.0 Å². The van der Waals surface area contributed by atoms with Crippen molar-refractivity contribution < 1.29 is 4.79 Å². The highest BCUT2D eigenvalue weighted by Crippen LogP contribution is 2.22. The average Bonchev–Trinajstić information content (AvgIpc) is 2.86. The van der Waals surface area contributed by atoms with Gasteiger partial charge in [-0.3, -0.25) is 14.7 Å². The highest BCUT2D eigenvalue weighted by molar-refractivity contribution is 7.15. The van der Waals surface area contributed by atoms with Crippen LogP contribution in [0, 0.1) is 13.8 Å². The molecule has 3 rings (SSSR count). The molecular formula is C17H23N5OS. The van der Waals surface area contributed by atoms with Crippen LogP contribution in [0.5, 0.6) is 0 Å². The Bertz CT molecular complexity index is 703. The number of rotatable bonds is 6. The summed E-state index contributed by atoms with van der Waals surface area (Å²) in [7, 11) is 0. The topological polar surface area (TPSA) is 70.2 Å². The molecule has 1 saturated heterocycles. The van der Waals surface area contributed by atoms with Gasteiger partial charge in [-0.25, -0.2) is 4.98 Å². The monoisotopic (exact) mass is 345 g/mol. The van der Waals surface area contributed by atoms with Crippen molar-refractivity contribution >= 4 is 22.4 Å². The number of hydrogen-bond acceptors (Lipinski definition) is 6. The van der Waals surface area contributed by atoms with Crippen LogP contribution in [0.4, 0.5) is 5.13 Å². The summed E-state index contributed by atoms with van der Waals surface area (Å²) in [6.07, 6.45) is 1.85. The number of aryl methyl sites for hydroxylation is 2. The second kappa shape index (κ2) is 7.38. The SMILES string of the molecule is CC(=O)Nc1ncc(CN2CC(NCc3cc(C)nc(C)c3)C2)s1. The number of hydrogen-bond donors (Lipinski definition) is 2. The van der Waals surface area contributed by atoms with Gasteiger partial charge in [-0.15, -0.1) is 11.3 Å². The van der Waals surface area contributed by atoms with Gasteiger partial charge < -0.3 is 10.6 Å². The molecule has 1 fully saturated rings. The first kappa shape index (κ1) is 17.0. The molecule has 2 N–H and O–H groups in total. The van der Waals surface area contributed by atoms with Crippen LogP contribution in [0.3, 0.4) is 0 Å². The zero-order chi connectivity index (χ0) is 17.1. The maximum atomic E-state index is 11.0. The molecule has 0 unspecified atom stereocenters. The van der Waals surface area contributed by atoms with Gasteiger partial charge in [0.15, 0.2) is 5.13 Å². The lowest BCUT2D eigenvalue weighted by molar-refractivity contribution is -0.114. The molecule has 2 aromatic heterocycles. The summed E-state index contributed by atoms with van der Waals surface area (Å²) in [5.41, 5.74) is 3.44. The lowest BCUT2D eigenvalue weighted by Crippen LogP contribution is -2.56. The zero-order valence-corrected chi connectivity index (χ0v) is 15.1. The molecule has 0 saturated carbocycles. The quantitative estimate of drug-likeness (QED) is 0.839. The number of thiazole rings is 1. The van der Waals surface area contributed by atoms with Crippen LogP contribution >= 0.6 is 11.3 Å². The third-order valence-corrected chi connectivity index (χ3v) is 4.81. The number of nitrogens with one attached hydrogen (secondary N) is 2. The summed E-state index contributed by atoms with van der Waals surface area (Å²) >= 11 is 1.54. The number of carbonyl (C=O) groups is 1. The number of anilines is 1. The number of carbonyl (C=O) groups excluding carboxylic acids is 1. The smallest absolute Gasteiger partial charge is 0.223 e. The molecule has 3 heterocycles. The number of aromatic nitrogens is 2. The third kappa shape index (κ3) is 4.59. The Hall–Kier alpha value is -1.83. The maximum Gasteiger partial charge on any atom is 0.223 e. The minimum absolute atomic E-state index is 0.0781. The Morgan fingerprint density at radius 1 is 1.33 bits per heavy atom. The molecular weight excluding hydrogens is 322 g/mol. The van der Waals surface area contributed by atoms with Crippen LogP contribution in [-0.4, -0.2) is 39.9 Å². The fraction of sp³-hybridized carbons (Fsp3) is 0.471. The van der Waals surface area contributed by atoms with Crippen LogP contribution in [0.25, 0.3) is 0 Å². The second-order valence-electron chi connectivity index (χ2n) is 6.34. The molecule has 0 bridgehead atoms. The van der Waals surface area contributed by atoms with Crippen LogP contribution in [-0.2, 0) is 17.9 Å². The summed E-state index contributed by atoms with van der Waals surface area (Å²) in [4.78, 5) is 23.2. The van der Waals surface area contributed by atoms with Crippen molar-refractivity contribution in [2.45, 2.75) is 39.9 Å². The molecule has 24 heavy (non-hydrogen) atoms. The van der Waals surface area contributed by atoms with E-state index in [1.165, 1.54) is 17.4 Å². The Labute approximate surface area is 146 Å². The van der Waals surface area contributed by atoms with E-state index in [0.29, 0.717) is 11.2 Å². The van der Waals surface area contributed by atoms with Gasteiger partial charge in [0.2, 0.25) is 5.91 Å². The molecule has 128 valence electrons. The summed E-state index contributed by atoms with van der Waals surface area (Å²) in [6.45, 7) is 9.42. The normalized spacial score (nSPS) is 15.3. The Balaban J connectivity index is 1.41. The Kier molecular flexibility index (Phi) is 5.23. The van der Waals surface area contributed by atoms with Crippen molar-refractivity contribution in [3.8, 4) is 0 Å². The first-order valence-electron chi connectivity index (χ1n) is 8.10. The van der Waals surface area contributed by atoms with Crippen LogP contribution < -0.4 is 10.6 Å². The van der Waals surface area contributed by atoms with Crippen molar-refractivity contribution in [2.24, 2.45) is 0 Å². The molecule has 0 aliphatic carbocycles. The average molecular weight is 345 g/mol.